The van der Waals surface area contributed by atoms with Crippen LogP contribution in [0.4, 0.5) is 11.5 Å². The second kappa shape index (κ2) is 12.6. The van der Waals surface area contributed by atoms with Crippen LogP contribution in [0.3, 0.4) is 0 Å². The Labute approximate surface area is 329 Å². The Morgan fingerprint density at radius 3 is 2.50 bits per heavy atom. The fourth-order valence-corrected chi connectivity index (χ4v) is 11.1. The molecular formula is C42H35ClN4O8S. The van der Waals surface area contributed by atoms with E-state index in [1.807, 2.05) is 31.2 Å². The zero-order chi connectivity index (χ0) is 39.5. The van der Waals surface area contributed by atoms with Gasteiger partial charge in [-0.3, -0.25) is 28.8 Å². The zero-order valence-electron chi connectivity index (χ0n) is 30.6. The Bertz CT molecular complexity index is 2630. The number of aryl methyl sites for hydroxylation is 2. The minimum atomic E-state index is -1.36. The lowest BCUT2D eigenvalue weighted by molar-refractivity contribution is -0.131. The van der Waals surface area contributed by atoms with Crippen LogP contribution in [0, 0.1) is 36.0 Å². The molecule has 4 aliphatic rings. The summed E-state index contributed by atoms with van der Waals surface area (Å²) in [6.45, 7) is 3.76. The lowest BCUT2D eigenvalue weighted by Crippen LogP contribution is -2.48. The second-order valence-electron chi connectivity index (χ2n) is 15.2. The highest BCUT2D eigenvalue weighted by molar-refractivity contribution is 7.22. The summed E-state index contributed by atoms with van der Waals surface area (Å²) in [4.78, 5) is 73.4. The highest BCUT2D eigenvalue weighted by atomic mass is 35.5. The summed E-state index contributed by atoms with van der Waals surface area (Å²) in [6.07, 6.45) is 2.24. The molecule has 0 radical (unpaired) electrons. The highest BCUT2D eigenvalue weighted by Gasteiger charge is 2.68. The van der Waals surface area contributed by atoms with Gasteiger partial charge < -0.3 is 14.9 Å². The van der Waals surface area contributed by atoms with E-state index in [1.165, 1.54) is 58.4 Å². The van der Waals surface area contributed by atoms with Gasteiger partial charge in [0.1, 0.15) is 11.5 Å². The summed E-state index contributed by atoms with van der Waals surface area (Å²) in [5.74, 6) is -6.53. The maximum atomic E-state index is 15.1. The molecule has 2 saturated heterocycles. The molecule has 14 heteroatoms. The lowest BCUT2D eigenvalue weighted by atomic mass is 9.51. The number of carboxylic acids is 1. The van der Waals surface area contributed by atoms with E-state index in [0.29, 0.717) is 22.1 Å². The Kier molecular flexibility index (Phi) is 8.08. The van der Waals surface area contributed by atoms with Crippen LogP contribution in [0.2, 0.25) is 5.02 Å². The van der Waals surface area contributed by atoms with Gasteiger partial charge in [-0.25, -0.2) is 9.69 Å². The van der Waals surface area contributed by atoms with Crippen molar-refractivity contribution in [3.63, 3.8) is 0 Å². The van der Waals surface area contributed by atoms with E-state index in [4.69, 9.17) is 21.4 Å². The van der Waals surface area contributed by atoms with Crippen LogP contribution in [-0.2, 0) is 26.2 Å². The van der Waals surface area contributed by atoms with Gasteiger partial charge in [0.15, 0.2) is 11.5 Å². The van der Waals surface area contributed by atoms with Crippen LogP contribution in [0.15, 0.2) is 78.4 Å². The topological polar surface area (TPSA) is 159 Å². The molecule has 6 atom stereocenters. The van der Waals surface area contributed by atoms with Crippen molar-refractivity contribution in [3.05, 3.63) is 100 Å². The number of amides is 4. The van der Waals surface area contributed by atoms with Crippen molar-refractivity contribution < 1.29 is 38.9 Å². The lowest BCUT2D eigenvalue weighted by Gasteiger charge is -2.49. The van der Waals surface area contributed by atoms with Gasteiger partial charge in [-0.1, -0.05) is 35.4 Å². The molecule has 12 nitrogen and oxygen atoms in total. The van der Waals surface area contributed by atoms with Crippen molar-refractivity contribution in [3.8, 4) is 22.1 Å². The van der Waals surface area contributed by atoms with Gasteiger partial charge >= 0.3 is 5.97 Å². The fourth-order valence-electron chi connectivity index (χ4n) is 9.75. The van der Waals surface area contributed by atoms with Gasteiger partial charge in [0.05, 0.1) is 46.4 Å². The molecule has 3 fully saturated rings. The van der Waals surface area contributed by atoms with Crippen molar-refractivity contribution in [2.24, 2.45) is 36.1 Å². The number of ether oxygens (including phenoxy) is 1. The Morgan fingerprint density at radius 1 is 0.982 bits per heavy atom. The third kappa shape index (κ3) is 4.96. The summed E-state index contributed by atoms with van der Waals surface area (Å²) >= 11 is 7.85. The quantitative estimate of drug-likeness (QED) is 0.135. The van der Waals surface area contributed by atoms with Gasteiger partial charge in [0.2, 0.25) is 23.6 Å². The number of allylic oxidation sites excluding steroid dienone is 2. The molecule has 2 aliphatic carbocycles. The summed E-state index contributed by atoms with van der Waals surface area (Å²) < 4.78 is 7.88. The number of imide groups is 2. The van der Waals surface area contributed by atoms with Gasteiger partial charge in [-0.2, -0.15) is 5.10 Å². The van der Waals surface area contributed by atoms with E-state index in [0.717, 1.165) is 31.0 Å². The monoisotopic (exact) mass is 790 g/mol. The number of anilines is 2. The molecule has 2 aliphatic heterocycles. The minimum Gasteiger partial charge on any atom is -0.504 e. The first-order chi connectivity index (χ1) is 26.7. The highest BCUT2D eigenvalue weighted by Crippen LogP contribution is 2.64. The number of hydrogen-bond donors (Lipinski definition) is 2. The molecule has 4 amide bonds. The van der Waals surface area contributed by atoms with Crippen molar-refractivity contribution in [2.45, 2.75) is 32.6 Å². The predicted molar refractivity (Wildman–Crippen MR) is 209 cm³/mol. The normalized spacial score (nSPS) is 25.7. The summed E-state index contributed by atoms with van der Waals surface area (Å²) in [5.41, 5.74) is 1.60. The second-order valence-corrected chi connectivity index (χ2v) is 16.7. The average molecular weight is 791 g/mol. The van der Waals surface area contributed by atoms with E-state index in [9.17, 15) is 29.4 Å². The molecule has 0 unspecified atom stereocenters. The number of phenols is 1. The summed E-state index contributed by atoms with van der Waals surface area (Å²) in [6, 6.07) is 18.0. The molecular weight excluding hydrogens is 756 g/mol. The van der Waals surface area contributed by atoms with Gasteiger partial charge in [0.25, 0.3) is 0 Å². The summed E-state index contributed by atoms with van der Waals surface area (Å²) in [5, 5.41) is 27.0. The number of aromatic carboxylic acids is 1. The Balaban J connectivity index is 1.15. The summed E-state index contributed by atoms with van der Waals surface area (Å²) in [7, 11) is 3.12. The molecule has 0 bridgehead atoms. The largest absolute Gasteiger partial charge is 0.504 e. The van der Waals surface area contributed by atoms with Crippen molar-refractivity contribution in [1.29, 1.82) is 0 Å². The molecule has 56 heavy (non-hydrogen) atoms. The van der Waals surface area contributed by atoms with Crippen LogP contribution >= 0.6 is 22.9 Å². The number of benzene rings is 3. The molecule has 4 heterocycles. The Morgan fingerprint density at radius 2 is 1.77 bits per heavy atom. The van der Waals surface area contributed by atoms with E-state index in [-0.39, 0.29) is 35.6 Å². The van der Waals surface area contributed by atoms with Crippen molar-refractivity contribution >= 4 is 74.1 Å². The Hall–Kier alpha value is -5.79. The molecule has 5 aromatic rings. The van der Waals surface area contributed by atoms with Crippen LogP contribution in [-0.4, -0.2) is 56.7 Å². The molecule has 0 spiro atoms. The maximum Gasteiger partial charge on any atom is 0.335 e. The number of thiophene rings is 1. The number of methoxy groups -OCH3 is 1. The number of halogens is 1. The fraction of sp³-hybridized carbons (Fsp3) is 0.286. The predicted octanol–water partition coefficient (Wildman–Crippen LogP) is 7.11. The maximum absolute atomic E-state index is 15.1. The number of rotatable bonds is 6. The van der Waals surface area contributed by atoms with E-state index >= 15 is 4.79 Å². The minimum absolute atomic E-state index is 0.0648. The van der Waals surface area contributed by atoms with E-state index < -0.39 is 64.6 Å². The number of aromatic nitrogens is 2. The molecule has 284 valence electrons. The molecule has 1 saturated carbocycles. The number of phenolic OH excluding ortho intramolecular Hbond substituents is 1. The van der Waals surface area contributed by atoms with E-state index in [1.54, 1.807) is 32.2 Å². The van der Waals surface area contributed by atoms with Crippen molar-refractivity contribution in [1.82, 2.24) is 9.78 Å². The first-order valence-corrected chi connectivity index (χ1v) is 19.3. The van der Waals surface area contributed by atoms with Gasteiger partial charge in [0, 0.05) is 28.8 Å². The number of nitrogens with zero attached hydrogens (tertiary/aromatic N) is 4. The van der Waals surface area contributed by atoms with Crippen LogP contribution < -0.4 is 14.5 Å². The number of hydrogen-bond acceptors (Lipinski definition) is 9. The standard InChI is InChI=1S/C42H35ClN4O8S/c1-19-26-16-22(43)9-13-32(26)56-36(19)29-18-33(45(3)44-29)47-38(50)28-17-27-24(35(42(28,2)41(47)54)20-8-12-31(55-4)30(48)15-20)10-11-25-34(27)39(51)46(37(25)49)23-7-5-6-21(14-23)40(52)53/h5-10,12-16,18,25,27-28,34-35,48H,11,17H2,1-4H3,(H,52,53)/t25-,27+,28-,34-,35-,42+/m0/s1. The van der Waals surface area contributed by atoms with Crippen molar-refractivity contribution in [2.75, 3.05) is 16.9 Å². The number of aromatic hydroxyl groups is 1. The van der Waals surface area contributed by atoms with Crippen LogP contribution in [0.25, 0.3) is 20.7 Å². The third-order valence-electron chi connectivity index (χ3n) is 12.4. The van der Waals surface area contributed by atoms with E-state index in [2.05, 4.69) is 0 Å². The SMILES string of the molecule is COc1ccc([C@H]2C3=CC[C@@H]4C(=O)N(c5cccc(C(=O)O)c5)C(=O)[C@@H]4[C@@H]3C[C@H]3C(=O)N(c4cc(-c5sc6ccc(Cl)cc6c5C)nn4C)C(=O)[C@@]23C)cc1O. The average Bonchev–Trinajstić information content (AvgIpc) is 3.84. The molecule has 3 aromatic carbocycles. The number of carbonyl (C=O) groups is 5. The molecule has 2 aromatic heterocycles. The number of carboxylic acid groups (broad SMARTS) is 1. The smallest absolute Gasteiger partial charge is 0.335 e. The first-order valence-electron chi connectivity index (χ1n) is 18.1. The molecule has 9 rings (SSSR count). The van der Waals surface area contributed by atoms with Crippen LogP contribution in [0.1, 0.15) is 47.2 Å². The van der Waals surface area contributed by atoms with Crippen LogP contribution in [0.5, 0.6) is 11.5 Å². The third-order valence-corrected chi connectivity index (χ3v) is 13.9. The number of fused-ring (bicyclic) bond motifs is 5. The van der Waals surface area contributed by atoms with Gasteiger partial charge in [-0.05, 0) is 97.7 Å². The van der Waals surface area contributed by atoms with Gasteiger partial charge in [-0.15, -0.1) is 11.3 Å². The first kappa shape index (κ1) is 35.9. The number of carbonyl (C=O) groups excluding carboxylic acids is 4. The molecule has 2 N–H and O–H groups in total. The zero-order valence-corrected chi connectivity index (χ0v) is 32.2.